The van der Waals surface area contributed by atoms with Crippen molar-refractivity contribution >= 4 is 17.6 Å². The first-order valence-electron chi connectivity index (χ1n) is 13.2. The molecule has 204 valence electrons. The molecule has 2 aliphatic rings. The van der Waals surface area contributed by atoms with Crippen molar-refractivity contribution in [3.8, 4) is 5.75 Å². The van der Waals surface area contributed by atoms with Gasteiger partial charge in [0.2, 0.25) is 5.91 Å². The Hall–Kier alpha value is -3.42. The van der Waals surface area contributed by atoms with E-state index in [0.29, 0.717) is 35.6 Å². The van der Waals surface area contributed by atoms with Crippen LogP contribution in [0.5, 0.6) is 5.75 Å². The lowest BCUT2D eigenvalue weighted by Crippen LogP contribution is -2.50. The Morgan fingerprint density at radius 3 is 2.50 bits per heavy atom. The molecular weight excluding hydrogens is 486 g/mol. The van der Waals surface area contributed by atoms with Gasteiger partial charge in [-0.2, -0.15) is 0 Å². The lowest BCUT2D eigenvalue weighted by molar-refractivity contribution is -0.130. The molecule has 0 spiro atoms. The number of aliphatic imine (C=N–C) groups is 1. The van der Waals surface area contributed by atoms with Crippen molar-refractivity contribution in [3.05, 3.63) is 71.3 Å². The Labute approximate surface area is 224 Å². The van der Waals surface area contributed by atoms with Crippen LogP contribution in [0.15, 0.2) is 54.0 Å². The van der Waals surface area contributed by atoms with Gasteiger partial charge in [0.05, 0.1) is 36.6 Å². The number of guanidine groups is 1. The number of amides is 1. The Morgan fingerprint density at radius 1 is 1.18 bits per heavy atom. The minimum Gasteiger partial charge on any atom is -0.494 e. The van der Waals surface area contributed by atoms with Gasteiger partial charge in [-0.05, 0) is 49.1 Å². The molecule has 0 saturated carbocycles. The maximum absolute atomic E-state index is 15.3. The van der Waals surface area contributed by atoms with Crippen molar-refractivity contribution in [1.82, 2.24) is 10.2 Å². The SMILES string of the molecule is C=C(NC1c2ccccc2C(F)(F)C1(C)C)c1ccc(OCC)c(CN2C(=O)CC(CC)(CC)N=C2N)c1. The lowest BCUT2D eigenvalue weighted by Gasteiger charge is -2.36. The summed E-state index contributed by atoms with van der Waals surface area (Å²) in [7, 11) is 0. The zero-order chi connectivity index (χ0) is 27.9. The van der Waals surface area contributed by atoms with Crippen LogP contribution in [0.2, 0.25) is 0 Å². The molecule has 0 bridgehead atoms. The summed E-state index contributed by atoms with van der Waals surface area (Å²) in [5, 5.41) is 3.28. The summed E-state index contributed by atoms with van der Waals surface area (Å²) >= 11 is 0. The summed E-state index contributed by atoms with van der Waals surface area (Å²) < 4.78 is 36.5. The van der Waals surface area contributed by atoms with Crippen LogP contribution in [0.3, 0.4) is 0 Å². The van der Waals surface area contributed by atoms with Gasteiger partial charge in [0, 0.05) is 16.8 Å². The van der Waals surface area contributed by atoms with Gasteiger partial charge in [-0.3, -0.25) is 9.69 Å². The fourth-order valence-electron chi connectivity index (χ4n) is 5.50. The molecule has 2 aromatic rings. The van der Waals surface area contributed by atoms with Gasteiger partial charge in [0.15, 0.2) is 5.96 Å². The van der Waals surface area contributed by atoms with Gasteiger partial charge in [0.1, 0.15) is 5.75 Å². The molecule has 3 N–H and O–H groups in total. The third kappa shape index (κ3) is 4.54. The quantitative estimate of drug-likeness (QED) is 0.414. The lowest BCUT2D eigenvalue weighted by atomic mass is 9.82. The zero-order valence-corrected chi connectivity index (χ0v) is 22.9. The van der Waals surface area contributed by atoms with Crippen LogP contribution < -0.4 is 15.8 Å². The first-order valence-corrected chi connectivity index (χ1v) is 13.2. The maximum atomic E-state index is 15.3. The largest absolute Gasteiger partial charge is 0.494 e. The highest BCUT2D eigenvalue weighted by Gasteiger charge is 2.60. The van der Waals surface area contributed by atoms with E-state index in [9.17, 15) is 4.79 Å². The van der Waals surface area contributed by atoms with Gasteiger partial charge in [-0.25, -0.2) is 13.8 Å². The third-order valence-electron chi connectivity index (χ3n) is 8.22. The predicted molar refractivity (Wildman–Crippen MR) is 147 cm³/mol. The van der Waals surface area contributed by atoms with Crippen molar-refractivity contribution in [2.75, 3.05) is 6.61 Å². The summed E-state index contributed by atoms with van der Waals surface area (Å²) in [5.41, 5.74) is 7.00. The Bertz CT molecular complexity index is 1270. The average Bonchev–Trinajstić information content (AvgIpc) is 3.03. The van der Waals surface area contributed by atoms with Crippen LogP contribution in [-0.4, -0.2) is 28.9 Å². The number of nitrogens with zero attached hydrogens (tertiary/aromatic N) is 2. The van der Waals surface area contributed by atoms with Crippen LogP contribution in [0, 0.1) is 5.41 Å². The first-order chi connectivity index (χ1) is 17.9. The summed E-state index contributed by atoms with van der Waals surface area (Å²) in [6, 6.07) is 11.5. The standard InChI is InChI=1S/C30H38F2N4O2/c1-7-29(8-2)17-25(37)36(27(33)35-29)18-21-16-20(14-15-24(21)38-9-3)19(4)34-26-22-12-10-11-13-23(22)30(31,32)28(26,5)6/h10-16,26,34H,4,7-9,17-18H2,1-3,5-6H3,(H2,33,35). The number of benzene rings is 2. The van der Waals surface area contributed by atoms with E-state index in [2.05, 4.69) is 16.9 Å². The molecule has 1 amide bonds. The monoisotopic (exact) mass is 524 g/mol. The molecule has 4 rings (SSSR count). The average molecular weight is 525 g/mol. The third-order valence-corrected chi connectivity index (χ3v) is 8.22. The van der Waals surface area contributed by atoms with E-state index >= 15 is 8.78 Å². The normalized spacial score (nSPS) is 21.0. The molecule has 8 heteroatoms. The van der Waals surface area contributed by atoms with Crippen LogP contribution >= 0.6 is 0 Å². The van der Waals surface area contributed by atoms with Gasteiger partial charge in [-0.1, -0.05) is 58.5 Å². The highest BCUT2D eigenvalue weighted by molar-refractivity contribution is 5.99. The number of rotatable bonds is 9. The molecule has 0 fully saturated rings. The molecule has 38 heavy (non-hydrogen) atoms. The minimum atomic E-state index is -3.00. The molecule has 2 aromatic carbocycles. The van der Waals surface area contributed by atoms with E-state index in [4.69, 9.17) is 10.5 Å². The number of nitrogens with two attached hydrogens (primary N) is 1. The molecule has 1 atom stereocenters. The number of halogens is 2. The zero-order valence-electron chi connectivity index (χ0n) is 22.9. The van der Waals surface area contributed by atoms with Gasteiger partial charge in [-0.15, -0.1) is 0 Å². The number of nitrogens with one attached hydrogen (secondary N) is 1. The number of ether oxygens (including phenoxy) is 1. The second kappa shape index (κ2) is 10.0. The fourth-order valence-corrected chi connectivity index (χ4v) is 5.50. The smallest absolute Gasteiger partial charge is 0.280 e. The number of carbonyl (C=O) groups is 1. The number of alkyl halides is 2. The van der Waals surface area contributed by atoms with E-state index in [0.717, 1.165) is 18.4 Å². The van der Waals surface area contributed by atoms with Gasteiger partial charge in [0.25, 0.3) is 5.92 Å². The molecule has 0 aromatic heterocycles. The van der Waals surface area contributed by atoms with E-state index in [1.807, 2.05) is 39.0 Å². The predicted octanol–water partition coefficient (Wildman–Crippen LogP) is 6.12. The van der Waals surface area contributed by atoms with Gasteiger partial charge >= 0.3 is 0 Å². The van der Waals surface area contributed by atoms with Crippen molar-refractivity contribution in [2.24, 2.45) is 16.1 Å². The second-order valence-electron chi connectivity index (χ2n) is 10.8. The molecule has 1 aliphatic heterocycles. The molecule has 0 radical (unpaired) electrons. The van der Waals surface area contributed by atoms with Crippen molar-refractivity contribution < 1.29 is 18.3 Å². The topological polar surface area (TPSA) is 80.0 Å². The number of carbonyl (C=O) groups excluding carboxylic acids is 1. The summed E-state index contributed by atoms with van der Waals surface area (Å²) in [4.78, 5) is 19.3. The van der Waals surface area contributed by atoms with Crippen molar-refractivity contribution in [3.63, 3.8) is 0 Å². The molecule has 6 nitrogen and oxygen atoms in total. The summed E-state index contributed by atoms with van der Waals surface area (Å²) in [6.07, 6.45) is 1.76. The molecule has 1 heterocycles. The van der Waals surface area contributed by atoms with Crippen molar-refractivity contribution in [1.29, 1.82) is 0 Å². The van der Waals surface area contributed by atoms with E-state index < -0.39 is 22.9 Å². The van der Waals surface area contributed by atoms with Gasteiger partial charge < -0.3 is 15.8 Å². The van der Waals surface area contributed by atoms with Crippen LogP contribution in [0.1, 0.15) is 82.2 Å². The fraction of sp³-hybridized carbons (Fsp3) is 0.467. The second-order valence-corrected chi connectivity index (χ2v) is 10.8. The van der Waals surface area contributed by atoms with Crippen LogP contribution in [0.4, 0.5) is 8.78 Å². The molecule has 0 saturated heterocycles. The maximum Gasteiger partial charge on any atom is 0.280 e. The molecule has 1 aliphatic carbocycles. The van der Waals surface area contributed by atoms with E-state index in [1.54, 1.807) is 32.0 Å². The number of hydrogen-bond donors (Lipinski definition) is 2. The highest BCUT2D eigenvalue weighted by atomic mass is 19.3. The van der Waals surface area contributed by atoms with Crippen LogP contribution in [0.25, 0.3) is 5.70 Å². The Kier molecular flexibility index (Phi) is 7.30. The Balaban J connectivity index is 1.64. The first kappa shape index (κ1) is 27.6. The minimum absolute atomic E-state index is 0.0382. The van der Waals surface area contributed by atoms with Crippen LogP contribution in [-0.2, 0) is 17.3 Å². The molecular formula is C30H38F2N4O2. The highest BCUT2D eigenvalue weighted by Crippen LogP contribution is 2.59. The van der Waals surface area contributed by atoms with E-state index in [1.165, 1.54) is 11.0 Å². The molecule has 1 unspecified atom stereocenters. The number of fused-ring (bicyclic) bond motifs is 1. The van der Waals surface area contributed by atoms with Crippen molar-refractivity contribution in [2.45, 2.75) is 77.9 Å². The van der Waals surface area contributed by atoms with E-state index in [-0.39, 0.29) is 24.0 Å². The Morgan fingerprint density at radius 2 is 1.87 bits per heavy atom. The summed E-state index contributed by atoms with van der Waals surface area (Å²) in [5.74, 6) is -2.27. The summed E-state index contributed by atoms with van der Waals surface area (Å²) in [6.45, 7) is 13.9. The number of hydrogen-bond acceptors (Lipinski definition) is 5.